The van der Waals surface area contributed by atoms with E-state index in [0.717, 1.165) is 0 Å². The number of nitrogens with zero attached hydrogens (tertiary/aromatic N) is 2. The number of aliphatic carboxylic acids is 1. The lowest BCUT2D eigenvalue weighted by Crippen LogP contribution is -2.56. The first-order chi connectivity index (χ1) is 7.74. The van der Waals surface area contributed by atoms with Gasteiger partial charge in [0.2, 0.25) is 10.0 Å². The molecule has 0 bridgehead atoms. The van der Waals surface area contributed by atoms with Gasteiger partial charge in [0, 0.05) is 25.2 Å². The van der Waals surface area contributed by atoms with Crippen LogP contribution in [0.25, 0.3) is 0 Å². The van der Waals surface area contributed by atoms with Crippen molar-refractivity contribution in [2.75, 3.05) is 25.9 Å². The maximum atomic E-state index is 11.9. The number of rotatable bonds is 4. The highest BCUT2D eigenvalue weighted by molar-refractivity contribution is 7.89. The number of hydrogen-bond acceptors (Lipinski definition) is 4. The predicted molar refractivity (Wildman–Crippen MR) is 64.3 cm³/mol. The predicted octanol–water partition coefficient (Wildman–Crippen LogP) is -0.185. The van der Waals surface area contributed by atoms with Gasteiger partial charge in [-0.2, -0.15) is 4.31 Å². The number of carboxylic acids is 1. The second-order valence-electron chi connectivity index (χ2n) is 4.64. The fourth-order valence-corrected chi connectivity index (χ4v) is 3.50. The molecule has 100 valence electrons. The van der Waals surface area contributed by atoms with Gasteiger partial charge in [0.15, 0.2) is 0 Å². The maximum absolute atomic E-state index is 11.9. The molecule has 1 heterocycles. The molecular weight excluding hydrogens is 244 g/mol. The largest absolute Gasteiger partial charge is 0.481 e. The SMILES string of the molecule is CC1CN(S(=O)(=O)CCC(=O)O)CC(C)N1C. The van der Waals surface area contributed by atoms with Gasteiger partial charge in [-0.05, 0) is 20.9 Å². The zero-order valence-electron chi connectivity index (χ0n) is 10.5. The molecule has 2 unspecified atom stereocenters. The highest BCUT2D eigenvalue weighted by atomic mass is 32.2. The highest BCUT2D eigenvalue weighted by Crippen LogP contribution is 2.17. The summed E-state index contributed by atoms with van der Waals surface area (Å²) in [6.45, 7) is 4.80. The summed E-state index contributed by atoms with van der Waals surface area (Å²) in [6.07, 6.45) is -0.336. The van der Waals surface area contributed by atoms with E-state index in [2.05, 4.69) is 4.90 Å². The zero-order chi connectivity index (χ0) is 13.2. The average Bonchev–Trinajstić information content (AvgIpc) is 2.22. The molecule has 6 nitrogen and oxygen atoms in total. The van der Waals surface area contributed by atoms with Gasteiger partial charge < -0.3 is 5.11 Å². The molecule has 17 heavy (non-hydrogen) atoms. The van der Waals surface area contributed by atoms with E-state index in [0.29, 0.717) is 13.1 Å². The van der Waals surface area contributed by atoms with Crippen molar-refractivity contribution in [3.63, 3.8) is 0 Å². The monoisotopic (exact) mass is 264 g/mol. The van der Waals surface area contributed by atoms with E-state index >= 15 is 0 Å². The molecule has 0 aromatic carbocycles. The number of piperazine rings is 1. The lowest BCUT2D eigenvalue weighted by Gasteiger charge is -2.41. The average molecular weight is 264 g/mol. The Kier molecular flexibility index (Phi) is 4.51. The summed E-state index contributed by atoms with van der Waals surface area (Å²) < 4.78 is 25.3. The quantitative estimate of drug-likeness (QED) is 0.762. The molecule has 1 aliphatic heterocycles. The molecule has 0 spiro atoms. The summed E-state index contributed by atoms with van der Waals surface area (Å²) in [7, 11) is -1.47. The standard InChI is InChI=1S/C10H20N2O4S/c1-8-6-12(7-9(2)11(8)3)17(15,16)5-4-10(13)14/h8-9H,4-7H2,1-3H3,(H,13,14). The molecule has 1 aliphatic rings. The number of likely N-dealkylation sites (N-methyl/N-ethyl adjacent to an activating group) is 1. The third-order valence-corrected chi connectivity index (χ3v) is 5.10. The molecule has 0 aromatic rings. The zero-order valence-corrected chi connectivity index (χ0v) is 11.3. The van der Waals surface area contributed by atoms with Crippen LogP contribution in [0, 0.1) is 0 Å². The van der Waals surface area contributed by atoms with Gasteiger partial charge in [-0.3, -0.25) is 9.69 Å². The van der Waals surface area contributed by atoms with Crippen molar-refractivity contribution in [1.82, 2.24) is 9.21 Å². The number of hydrogen-bond donors (Lipinski definition) is 1. The van der Waals surface area contributed by atoms with Crippen LogP contribution in [-0.2, 0) is 14.8 Å². The van der Waals surface area contributed by atoms with Crippen molar-refractivity contribution in [2.45, 2.75) is 32.4 Å². The van der Waals surface area contributed by atoms with Gasteiger partial charge in [0.25, 0.3) is 0 Å². The lowest BCUT2D eigenvalue weighted by atomic mass is 10.1. The van der Waals surface area contributed by atoms with Crippen LogP contribution >= 0.6 is 0 Å². The lowest BCUT2D eigenvalue weighted by molar-refractivity contribution is -0.136. The van der Waals surface area contributed by atoms with Crippen molar-refractivity contribution in [3.05, 3.63) is 0 Å². The maximum Gasteiger partial charge on any atom is 0.304 e. The van der Waals surface area contributed by atoms with Crippen molar-refractivity contribution in [3.8, 4) is 0 Å². The van der Waals surface area contributed by atoms with E-state index in [1.165, 1.54) is 4.31 Å². The number of carboxylic acid groups (broad SMARTS) is 1. The Bertz CT molecular complexity index is 370. The second-order valence-corrected chi connectivity index (χ2v) is 6.73. The van der Waals surface area contributed by atoms with Crippen LogP contribution in [0.1, 0.15) is 20.3 Å². The Hall–Kier alpha value is -0.660. The molecule has 0 amide bonds. The van der Waals surface area contributed by atoms with Crippen molar-refractivity contribution in [1.29, 1.82) is 0 Å². The van der Waals surface area contributed by atoms with E-state index in [4.69, 9.17) is 5.11 Å². The Labute approximate surface area is 102 Å². The summed E-state index contributed by atoms with van der Waals surface area (Å²) in [5.41, 5.74) is 0. The minimum Gasteiger partial charge on any atom is -0.481 e. The van der Waals surface area contributed by atoms with Crippen LogP contribution in [0.15, 0.2) is 0 Å². The summed E-state index contributed by atoms with van der Waals surface area (Å²) in [4.78, 5) is 12.5. The summed E-state index contributed by atoms with van der Waals surface area (Å²) in [5.74, 6) is -1.39. The first-order valence-electron chi connectivity index (χ1n) is 5.65. The molecular formula is C10H20N2O4S. The van der Waals surface area contributed by atoms with E-state index < -0.39 is 16.0 Å². The minimum atomic E-state index is -3.44. The minimum absolute atomic E-state index is 0.151. The molecule has 0 radical (unpaired) electrons. The highest BCUT2D eigenvalue weighted by Gasteiger charge is 2.33. The van der Waals surface area contributed by atoms with Crippen LogP contribution < -0.4 is 0 Å². The van der Waals surface area contributed by atoms with Crippen molar-refractivity contribution >= 4 is 16.0 Å². The Morgan fingerprint density at radius 1 is 1.29 bits per heavy atom. The van der Waals surface area contributed by atoms with Crippen molar-refractivity contribution < 1.29 is 18.3 Å². The fourth-order valence-electron chi connectivity index (χ4n) is 1.93. The van der Waals surface area contributed by atoms with E-state index in [9.17, 15) is 13.2 Å². The van der Waals surface area contributed by atoms with Gasteiger partial charge >= 0.3 is 5.97 Å². The van der Waals surface area contributed by atoms with Gasteiger partial charge in [-0.25, -0.2) is 8.42 Å². The first kappa shape index (κ1) is 14.4. The van der Waals surface area contributed by atoms with Gasteiger partial charge in [0.05, 0.1) is 12.2 Å². The summed E-state index contributed by atoms with van der Waals surface area (Å²) >= 11 is 0. The fraction of sp³-hybridized carbons (Fsp3) is 0.900. The third-order valence-electron chi connectivity index (χ3n) is 3.29. The van der Waals surface area contributed by atoms with Gasteiger partial charge in [-0.1, -0.05) is 0 Å². The van der Waals surface area contributed by atoms with E-state index in [1.54, 1.807) is 0 Å². The van der Waals surface area contributed by atoms with Crippen LogP contribution in [0.4, 0.5) is 0 Å². The van der Waals surface area contributed by atoms with Gasteiger partial charge in [0.1, 0.15) is 0 Å². The van der Waals surface area contributed by atoms with Crippen LogP contribution in [0.5, 0.6) is 0 Å². The molecule has 1 rings (SSSR count). The Morgan fingerprint density at radius 2 is 1.76 bits per heavy atom. The second kappa shape index (κ2) is 5.32. The molecule has 1 N–H and O–H groups in total. The van der Waals surface area contributed by atoms with E-state index in [-0.39, 0.29) is 24.3 Å². The van der Waals surface area contributed by atoms with E-state index in [1.807, 2.05) is 20.9 Å². The Balaban J connectivity index is 2.69. The normalized spacial score (nSPS) is 28.2. The van der Waals surface area contributed by atoms with Gasteiger partial charge in [-0.15, -0.1) is 0 Å². The number of sulfonamides is 1. The molecule has 0 saturated carbocycles. The number of carbonyl (C=O) groups is 1. The summed E-state index contributed by atoms with van der Waals surface area (Å²) in [6, 6.07) is 0.303. The van der Waals surface area contributed by atoms with Crippen molar-refractivity contribution in [2.24, 2.45) is 0 Å². The molecule has 1 fully saturated rings. The molecule has 0 aromatic heterocycles. The smallest absolute Gasteiger partial charge is 0.304 e. The molecule has 2 atom stereocenters. The third kappa shape index (κ3) is 3.65. The molecule has 7 heteroatoms. The Morgan fingerprint density at radius 3 is 2.18 bits per heavy atom. The summed E-state index contributed by atoms with van der Waals surface area (Å²) in [5, 5.41) is 8.53. The first-order valence-corrected chi connectivity index (χ1v) is 7.26. The topological polar surface area (TPSA) is 77.9 Å². The molecule has 0 aliphatic carbocycles. The molecule has 1 saturated heterocycles. The van der Waals surface area contributed by atoms with Crippen LogP contribution in [0.2, 0.25) is 0 Å². The van der Waals surface area contributed by atoms with Crippen LogP contribution in [0.3, 0.4) is 0 Å². The van der Waals surface area contributed by atoms with Crippen LogP contribution in [-0.4, -0.2) is 66.7 Å².